The van der Waals surface area contributed by atoms with Crippen LogP contribution in [0.4, 0.5) is 0 Å². The Labute approximate surface area is 124 Å². The van der Waals surface area contributed by atoms with Gasteiger partial charge in [0, 0.05) is 5.02 Å². The number of ether oxygens (including phenoxy) is 1. The van der Waals surface area contributed by atoms with Gasteiger partial charge in [0.1, 0.15) is 5.75 Å². The maximum atomic E-state index is 12.0. The molecule has 0 spiro atoms. The van der Waals surface area contributed by atoms with E-state index in [0.29, 0.717) is 16.3 Å². The second kappa shape index (κ2) is 7.11. The summed E-state index contributed by atoms with van der Waals surface area (Å²) < 4.78 is 5.28. The SMILES string of the molecule is CCCCc1ccc(C(=O)Oc2ccc(Cl)cc2)cc1. The third-order valence-corrected chi connectivity index (χ3v) is 3.28. The van der Waals surface area contributed by atoms with Crippen molar-refractivity contribution >= 4 is 17.6 Å². The van der Waals surface area contributed by atoms with Gasteiger partial charge in [-0.3, -0.25) is 0 Å². The summed E-state index contributed by atoms with van der Waals surface area (Å²) in [5.41, 5.74) is 1.80. The Morgan fingerprint density at radius 2 is 1.70 bits per heavy atom. The molecule has 20 heavy (non-hydrogen) atoms. The molecule has 0 radical (unpaired) electrons. The largest absolute Gasteiger partial charge is 0.423 e. The molecule has 0 unspecified atom stereocenters. The van der Waals surface area contributed by atoms with Crippen LogP contribution in [0.2, 0.25) is 5.02 Å². The standard InChI is InChI=1S/C17H17ClO2/c1-2-3-4-13-5-7-14(8-6-13)17(19)20-16-11-9-15(18)10-12-16/h5-12H,2-4H2,1H3. The van der Waals surface area contributed by atoms with Crippen molar-refractivity contribution in [3.8, 4) is 5.75 Å². The van der Waals surface area contributed by atoms with E-state index >= 15 is 0 Å². The van der Waals surface area contributed by atoms with E-state index in [0.717, 1.165) is 12.8 Å². The molecule has 0 amide bonds. The number of hydrogen-bond acceptors (Lipinski definition) is 2. The number of aryl methyl sites for hydroxylation is 1. The Bertz CT molecular complexity index is 559. The molecule has 0 N–H and O–H groups in total. The van der Waals surface area contributed by atoms with Crippen LogP contribution in [0.5, 0.6) is 5.75 Å². The number of hydrogen-bond donors (Lipinski definition) is 0. The highest BCUT2D eigenvalue weighted by atomic mass is 35.5. The molecule has 104 valence electrons. The van der Waals surface area contributed by atoms with E-state index in [2.05, 4.69) is 6.92 Å². The first-order valence-electron chi connectivity index (χ1n) is 6.75. The number of unbranched alkanes of at least 4 members (excludes halogenated alkanes) is 1. The minimum absolute atomic E-state index is 0.352. The Balaban J connectivity index is 2.00. The fourth-order valence-corrected chi connectivity index (χ4v) is 1.98. The van der Waals surface area contributed by atoms with Gasteiger partial charge in [0.25, 0.3) is 0 Å². The zero-order chi connectivity index (χ0) is 14.4. The molecular formula is C17H17ClO2. The summed E-state index contributed by atoms with van der Waals surface area (Å²) in [7, 11) is 0. The van der Waals surface area contributed by atoms with Crippen LogP contribution in [-0.4, -0.2) is 5.97 Å². The topological polar surface area (TPSA) is 26.3 Å². The van der Waals surface area contributed by atoms with Crippen LogP contribution in [-0.2, 0) is 6.42 Å². The monoisotopic (exact) mass is 288 g/mol. The van der Waals surface area contributed by atoms with Crippen LogP contribution in [0.1, 0.15) is 35.7 Å². The molecule has 0 fully saturated rings. The van der Waals surface area contributed by atoms with E-state index in [1.54, 1.807) is 24.3 Å². The average molecular weight is 289 g/mol. The normalized spacial score (nSPS) is 10.3. The number of benzene rings is 2. The minimum atomic E-state index is -0.352. The van der Waals surface area contributed by atoms with Crippen LogP contribution in [0.25, 0.3) is 0 Å². The Morgan fingerprint density at radius 3 is 2.30 bits per heavy atom. The molecule has 2 aromatic carbocycles. The summed E-state index contributed by atoms with van der Waals surface area (Å²) in [5.74, 6) is 0.142. The van der Waals surface area contributed by atoms with Crippen molar-refractivity contribution in [1.29, 1.82) is 0 Å². The molecular weight excluding hydrogens is 272 g/mol. The van der Waals surface area contributed by atoms with Gasteiger partial charge in [-0.25, -0.2) is 4.79 Å². The highest BCUT2D eigenvalue weighted by molar-refractivity contribution is 6.30. The maximum Gasteiger partial charge on any atom is 0.343 e. The molecule has 0 saturated heterocycles. The van der Waals surface area contributed by atoms with Crippen LogP contribution < -0.4 is 4.74 Å². The number of carbonyl (C=O) groups excluding carboxylic acids is 1. The zero-order valence-electron chi connectivity index (χ0n) is 11.4. The van der Waals surface area contributed by atoms with Crippen LogP contribution in [0.15, 0.2) is 48.5 Å². The fraction of sp³-hybridized carbons (Fsp3) is 0.235. The lowest BCUT2D eigenvalue weighted by atomic mass is 10.1. The summed E-state index contributed by atoms with van der Waals surface area (Å²) in [6, 6.07) is 14.3. The first-order valence-corrected chi connectivity index (χ1v) is 7.13. The molecule has 2 rings (SSSR count). The summed E-state index contributed by atoms with van der Waals surface area (Å²) in [4.78, 5) is 12.0. The highest BCUT2D eigenvalue weighted by Crippen LogP contribution is 2.17. The quantitative estimate of drug-likeness (QED) is 0.578. The summed E-state index contributed by atoms with van der Waals surface area (Å²) in [5, 5.41) is 0.616. The van der Waals surface area contributed by atoms with E-state index in [9.17, 15) is 4.79 Å². The minimum Gasteiger partial charge on any atom is -0.423 e. The summed E-state index contributed by atoms with van der Waals surface area (Å²) in [6.45, 7) is 2.16. The lowest BCUT2D eigenvalue weighted by Crippen LogP contribution is -2.08. The van der Waals surface area contributed by atoms with Gasteiger partial charge >= 0.3 is 5.97 Å². The van der Waals surface area contributed by atoms with Crippen molar-refractivity contribution < 1.29 is 9.53 Å². The van der Waals surface area contributed by atoms with Gasteiger partial charge in [-0.2, -0.15) is 0 Å². The van der Waals surface area contributed by atoms with E-state index in [1.807, 2.05) is 24.3 Å². The van der Waals surface area contributed by atoms with E-state index in [-0.39, 0.29) is 5.97 Å². The first-order chi connectivity index (χ1) is 9.69. The van der Waals surface area contributed by atoms with E-state index in [1.165, 1.54) is 12.0 Å². The molecule has 0 aliphatic rings. The van der Waals surface area contributed by atoms with Crippen molar-refractivity contribution in [3.05, 3.63) is 64.7 Å². The van der Waals surface area contributed by atoms with Crippen LogP contribution >= 0.6 is 11.6 Å². The van der Waals surface area contributed by atoms with Crippen LogP contribution in [0.3, 0.4) is 0 Å². The van der Waals surface area contributed by atoms with Crippen molar-refractivity contribution in [3.63, 3.8) is 0 Å². The lowest BCUT2D eigenvalue weighted by molar-refractivity contribution is 0.0735. The maximum absolute atomic E-state index is 12.0. The Kier molecular flexibility index (Phi) is 5.19. The van der Waals surface area contributed by atoms with Gasteiger partial charge in [0.05, 0.1) is 5.56 Å². The lowest BCUT2D eigenvalue weighted by Gasteiger charge is -2.05. The second-order valence-corrected chi connectivity index (χ2v) is 5.08. The number of carbonyl (C=O) groups is 1. The predicted molar refractivity (Wildman–Crippen MR) is 81.5 cm³/mol. The van der Waals surface area contributed by atoms with Gasteiger partial charge in [-0.15, -0.1) is 0 Å². The third-order valence-electron chi connectivity index (χ3n) is 3.03. The van der Waals surface area contributed by atoms with E-state index in [4.69, 9.17) is 16.3 Å². The Hall–Kier alpha value is -1.80. The summed E-state index contributed by atoms with van der Waals surface area (Å²) in [6.07, 6.45) is 3.37. The molecule has 0 aliphatic heterocycles. The predicted octanol–water partition coefficient (Wildman–Crippen LogP) is 4.90. The number of halogens is 1. The molecule has 2 aromatic rings. The van der Waals surface area contributed by atoms with Gasteiger partial charge in [-0.1, -0.05) is 37.1 Å². The van der Waals surface area contributed by atoms with Crippen molar-refractivity contribution in [2.24, 2.45) is 0 Å². The van der Waals surface area contributed by atoms with Gasteiger partial charge in [-0.05, 0) is 54.8 Å². The molecule has 3 heteroatoms. The number of esters is 1. The smallest absolute Gasteiger partial charge is 0.343 e. The van der Waals surface area contributed by atoms with Crippen LogP contribution in [0, 0.1) is 0 Å². The van der Waals surface area contributed by atoms with Gasteiger partial charge < -0.3 is 4.74 Å². The van der Waals surface area contributed by atoms with E-state index < -0.39 is 0 Å². The third kappa shape index (κ3) is 4.10. The average Bonchev–Trinajstić information content (AvgIpc) is 2.48. The van der Waals surface area contributed by atoms with Crippen molar-refractivity contribution in [2.75, 3.05) is 0 Å². The molecule has 0 bridgehead atoms. The van der Waals surface area contributed by atoms with Crippen molar-refractivity contribution in [1.82, 2.24) is 0 Å². The molecule has 0 aliphatic carbocycles. The molecule has 2 nitrogen and oxygen atoms in total. The Morgan fingerprint density at radius 1 is 1.05 bits per heavy atom. The summed E-state index contributed by atoms with van der Waals surface area (Å²) >= 11 is 5.78. The molecule has 0 saturated carbocycles. The van der Waals surface area contributed by atoms with Crippen molar-refractivity contribution in [2.45, 2.75) is 26.2 Å². The number of rotatable bonds is 5. The fourth-order valence-electron chi connectivity index (χ4n) is 1.86. The molecule has 0 aromatic heterocycles. The van der Waals surface area contributed by atoms with Gasteiger partial charge in [0.15, 0.2) is 0 Å². The highest BCUT2D eigenvalue weighted by Gasteiger charge is 2.08. The van der Waals surface area contributed by atoms with Gasteiger partial charge in [0.2, 0.25) is 0 Å². The first kappa shape index (κ1) is 14.6. The molecule has 0 atom stereocenters. The zero-order valence-corrected chi connectivity index (χ0v) is 12.2. The second-order valence-electron chi connectivity index (χ2n) is 4.64. The molecule has 0 heterocycles.